The van der Waals surface area contributed by atoms with Gasteiger partial charge in [-0.1, -0.05) is 42.5 Å². The van der Waals surface area contributed by atoms with Gasteiger partial charge in [0.05, 0.1) is 5.56 Å². The van der Waals surface area contributed by atoms with Gasteiger partial charge in [-0.15, -0.1) is 0 Å². The van der Waals surface area contributed by atoms with Gasteiger partial charge in [-0.25, -0.2) is 13.8 Å². The minimum atomic E-state index is -4.42. The molecule has 154 valence electrons. The lowest BCUT2D eigenvalue weighted by Gasteiger charge is -2.14. The van der Waals surface area contributed by atoms with Gasteiger partial charge in [0.1, 0.15) is 29.3 Å². The molecule has 0 saturated carbocycles. The van der Waals surface area contributed by atoms with Crippen LogP contribution in [0.5, 0.6) is 0 Å². The van der Waals surface area contributed by atoms with Crippen LogP contribution >= 0.6 is 0 Å². The molecule has 1 heterocycles. The molecule has 3 aromatic rings. The molecule has 0 N–H and O–H groups in total. The number of hydrogen-bond acceptors (Lipinski definition) is 2. The van der Waals surface area contributed by atoms with E-state index in [0.29, 0.717) is 11.1 Å². The second-order valence-electron chi connectivity index (χ2n) is 7.00. The number of nitrogens with zero attached hydrogens (tertiary/aromatic N) is 1. The molecular formula is C23H16F5NO. The largest absolute Gasteiger partial charge is 0.472 e. The van der Waals surface area contributed by atoms with Crippen LogP contribution in [0, 0.1) is 11.6 Å². The van der Waals surface area contributed by atoms with E-state index in [2.05, 4.69) is 4.99 Å². The summed E-state index contributed by atoms with van der Waals surface area (Å²) in [7, 11) is 0. The smallest absolute Gasteiger partial charge is 0.416 e. The van der Waals surface area contributed by atoms with Crippen molar-refractivity contribution in [1.29, 1.82) is 0 Å². The van der Waals surface area contributed by atoms with E-state index >= 15 is 0 Å². The third kappa shape index (κ3) is 3.79. The molecule has 30 heavy (non-hydrogen) atoms. The number of halogens is 5. The van der Waals surface area contributed by atoms with Crippen LogP contribution in [0.25, 0.3) is 11.1 Å². The molecule has 2 nitrogen and oxygen atoms in total. The van der Waals surface area contributed by atoms with Crippen LogP contribution in [0.1, 0.15) is 29.7 Å². The highest BCUT2D eigenvalue weighted by atomic mass is 19.4. The van der Waals surface area contributed by atoms with Gasteiger partial charge in [-0.2, -0.15) is 13.2 Å². The maximum Gasteiger partial charge on any atom is 0.416 e. The molecule has 1 aliphatic heterocycles. The fourth-order valence-corrected chi connectivity index (χ4v) is 3.42. The van der Waals surface area contributed by atoms with Crippen molar-refractivity contribution in [3.8, 4) is 11.1 Å². The summed E-state index contributed by atoms with van der Waals surface area (Å²) in [5.74, 6) is -1.63. The average molecular weight is 417 g/mol. The first kappa shape index (κ1) is 20.1. The number of ether oxygens (including phenoxy) is 1. The maximum atomic E-state index is 14.0. The van der Waals surface area contributed by atoms with Gasteiger partial charge < -0.3 is 4.74 Å². The molecule has 4 rings (SSSR count). The van der Waals surface area contributed by atoms with Crippen molar-refractivity contribution >= 4 is 5.90 Å². The maximum absolute atomic E-state index is 14.0. The molecule has 0 fully saturated rings. The molecule has 1 aliphatic rings. The summed E-state index contributed by atoms with van der Waals surface area (Å²) in [6.45, 7) is 1.74. The quantitative estimate of drug-likeness (QED) is 0.443. The minimum absolute atomic E-state index is 0.106. The Morgan fingerprint density at radius 2 is 1.47 bits per heavy atom. The average Bonchev–Trinajstić information content (AvgIpc) is 3.08. The minimum Gasteiger partial charge on any atom is -0.472 e. The zero-order valence-electron chi connectivity index (χ0n) is 15.8. The van der Waals surface area contributed by atoms with Crippen molar-refractivity contribution in [2.45, 2.75) is 25.2 Å². The second-order valence-corrected chi connectivity index (χ2v) is 7.00. The summed E-state index contributed by atoms with van der Waals surface area (Å²) in [5.41, 5.74) is 0.742. The Labute approximate surface area is 169 Å². The normalized spacial score (nSPS) is 18.8. The lowest BCUT2D eigenvalue weighted by atomic mass is 9.98. The molecule has 2 atom stereocenters. The van der Waals surface area contributed by atoms with E-state index in [1.54, 1.807) is 37.3 Å². The molecule has 0 spiro atoms. The first-order chi connectivity index (χ1) is 14.2. The van der Waals surface area contributed by atoms with Crippen molar-refractivity contribution in [2.24, 2.45) is 4.99 Å². The van der Waals surface area contributed by atoms with Crippen LogP contribution in [0.3, 0.4) is 0 Å². The first-order valence-electron chi connectivity index (χ1n) is 9.20. The lowest BCUT2D eigenvalue weighted by molar-refractivity contribution is -0.137. The predicted molar refractivity (Wildman–Crippen MR) is 103 cm³/mol. The van der Waals surface area contributed by atoms with Gasteiger partial charge in [0, 0.05) is 0 Å². The van der Waals surface area contributed by atoms with Crippen LogP contribution in [-0.4, -0.2) is 12.0 Å². The Morgan fingerprint density at radius 3 is 2.10 bits per heavy atom. The standard InChI is InChI=1S/C23H16F5NO/c1-13-21(29-22(30-13)20-18(24)6-3-7-19(20)25)15-10-8-14(9-11-15)16-4-2-5-17(12-16)23(26,27)28/h2-13,21H,1H3/t13-,21+/m1/s1. The van der Waals surface area contributed by atoms with Crippen LogP contribution in [0.15, 0.2) is 71.7 Å². The summed E-state index contributed by atoms with van der Waals surface area (Å²) in [6.07, 6.45) is -4.88. The van der Waals surface area contributed by atoms with Gasteiger partial charge in [-0.05, 0) is 47.9 Å². The van der Waals surface area contributed by atoms with E-state index in [0.717, 1.165) is 29.8 Å². The van der Waals surface area contributed by atoms with Crippen molar-refractivity contribution in [2.75, 3.05) is 0 Å². The summed E-state index contributed by atoms with van der Waals surface area (Å²) < 4.78 is 72.5. The monoisotopic (exact) mass is 417 g/mol. The van der Waals surface area contributed by atoms with Crippen LogP contribution in [0.4, 0.5) is 22.0 Å². The van der Waals surface area contributed by atoms with Crippen LogP contribution < -0.4 is 0 Å². The summed E-state index contributed by atoms with van der Waals surface area (Å²) in [6, 6.07) is 14.9. The third-order valence-corrected chi connectivity index (χ3v) is 4.95. The van der Waals surface area contributed by atoms with Crippen molar-refractivity contribution in [1.82, 2.24) is 0 Å². The third-order valence-electron chi connectivity index (χ3n) is 4.95. The van der Waals surface area contributed by atoms with Gasteiger partial charge in [0.2, 0.25) is 5.90 Å². The van der Waals surface area contributed by atoms with E-state index < -0.39 is 35.5 Å². The molecule has 0 aromatic heterocycles. The Morgan fingerprint density at radius 1 is 0.833 bits per heavy atom. The lowest BCUT2D eigenvalue weighted by Crippen LogP contribution is -2.14. The highest BCUT2D eigenvalue weighted by Gasteiger charge is 2.32. The fourth-order valence-electron chi connectivity index (χ4n) is 3.42. The number of aliphatic imine (C=N–C) groups is 1. The zero-order chi connectivity index (χ0) is 21.5. The first-order valence-corrected chi connectivity index (χ1v) is 9.20. The Kier molecular flexibility index (Phi) is 5.05. The Balaban J connectivity index is 1.63. The molecule has 0 amide bonds. The topological polar surface area (TPSA) is 21.6 Å². The zero-order valence-corrected chi connectivity index (χ0v) is 15.8. The van der Waals surface area contributed by atoms with E-state index in [4.69, 9.17) is 4.74 Å². The SMILES string of the molecule is C[C@H]1OC(c2c(F)cccc2F)=N[C@@H]1c1ccc(-c2cccc(C(F)(F)F)c2)cc1. The molecular weight excluding hydrogens is 401 g/mol. The molecule has 0 aliphatic carbocycles. The van der Waals surface area contributed by atoms with Crippen molar-refractivity contribution in [3.05, 3.63) is 95.1 Å². The van der Waals surface area contributed by atoms with E-state index in [-0.39, 0.29) is 11.5 Å². The van der Waals surface area contributed by atoms with Gasteiger partial charge >= 0.3 is 6.18 Å². The predicted octanol–water partition coefficient (Wildman–Crippen LogP) is 6.56. The van der Waals surface area contributed by atoms with Gasteiger partial charge in [0.25, 0.3) is 0 Å². The van der Waals surface area contributed by atoms with Gasteiger partial charge in [0.15, 0.2) is 0 Å². The van der Waals surface area contributed by atoms with Crippen LogP contribution in [0.2, 0.25) is 0 Å². The van der Waals surface area contributed by atoms with E-state index in [1.807, 2.05) is 0 Å². The van der Waals surface area contributed by atoms with E-state index in [1.165, 1.54) is 12.1 Å². The Bertz CT molecular complexity index is 1090. The Hall–Kier alpha value is -3.22. The second kappa shape index (κ2) is 7.55. The summed E-state index contributed by atoms with van der Waals surface area (Å²) >= 11 is 0. The fraction of sp³-hybridized carbons (Fsp3) is 0.174. The van der Waals surface area contributed by atoms with Gasteiger partial charge in [-0.3, -0.25) is 0 Å². The number of alkyl halides is 3. The van der Waals surface area contributed by atoms with Crippen LogP contribution in [-0.2, 0) is 10.9 Å². The van der Waals surface area contributed by atoms with Crippen molar-refractivity contribution < 1.29 is 26.7 Å². The summed E-state index contributed by atoms with van der Waals surface area (Å²) in [5, 5.41) is 0. The highest BCUT2D eigenvalue weighted by Crippen LogP contribution is 2.35. The molecule has 0 unspecified atom stereocenters. The molecule has 3 aromatic carbocycles. The molecule has 0 radical (unpaired) electrons. The molecule has 7 heteroatoms. The molecule has 0 saturated heterocycles. The number of benzene rings is 3. The highest BCUT2D eigenvalue weighted by molar-refractivity contribution is 5.96. The van der Waals surface area contributed by atoms with Crippen molar-refractivity contribution in [3.63, 3.8) is 0 Å². The van der Waals surface area contributed by atoms with E-state index in [9.17, 15) is 22.0 Å². The number of hydrogen-bond donors (Lipinski definition) is 0. The summed E-state index contributed by atoms with van der Waals surface area (Å²) in [4.78, 5) is 4.35. The number of rotatable bonds is 3. The molecule has 0 bridgehead atoms.